The van der Waals surface area contributed by atoms with Crippen LogP contribution < -0.4 is 5.32 Å². The maximum absolute atomic E-state index is 4.30. The molecule has 18 heavy (non-hydrogen) atoms. The van der Waals surface area contributed by atoms with Crippen LogP contribution in [0.25, 0.3) is 5.95 Å². The van der Waals surface area contributed by atoms with Crippen LogP contribution in [0.3, 0.4) is 0 Å². The Morgan fingerprint density at radius 1 is 1.33 bits per heavy atom. The summed E-state index contributed by atoms with van der Waals surface area (Å²) in [5.74, 6) is 2.25. The fraction of sp³-hybridized carbons (Fsp3) is 0.500. The van der Waals surface area contributed by atoms with Gasteiger partial charge in [-0.15, -0.1) is 0 Å². The average Bonchev–Trinajstić information content (AvgIpc) is 3.11. The second-order valence-electron chi connectivity index (χ2n) is 4.65. The average molecular weight is 244 g/mol. The Labute approximate surface area is 105 Å². The fourth-order valence-corrected chi connectivity index (χ4v) is 1.86. The molecule has 0 aliphatic heterocycles. The second-order valence-corrected chi connectivity index (χ2v) is 4.65. The third-order valence-corrected chi connectivity index (χ3v) is 3.11. The number of aromatic nitrogens is 5. The van der Waals surface area contributed by atoms with Crippen molar-refractivity contribution in [3.63, 3.8) is 0 Å². The van der Waals surface area contributed by atoms with Crippen molar-refractivity contribution in [2.45, 2.75) is 25.8 Å². The van der Waals surface area contributed by atoms with E-state index in [2.05, 4.69) is 32.3 Å². The third-order valence-electron chi connectivity index (χ3n) is 3.11. The van der Waals surface area contributed by atoms with Crippen molar-refractivity contribution in [2.75, 3.05) is 6.54 Å². The number of nitrogens with zero attached hydrogens (tertiary/aromatic N) is 5. The lowest BCUT2D eigenvalue weighted by atomic mass is 10.3. The zero-order chi connectivity index (χ0) is 12.4. The zero-order valence-corrected chi connectivity index (χ0v) is 10.3. The van der Waals surface area contributed by atoms with Gasteiger partial charge in [-0.05, 0) is 38.3 Å². The molecule has 3 rings (SSSR count). The quantitative estimate of drug-likeness (QED) is 0.853. The van der Waals surface area contributed by atoms with E-state index in [4.69, 9.17) is 0 Å². The lowest BCUT2D eigenvalue weighted by molar-refractivity contribution is 0.512. The van der Waals surface area contributed by atoms with E-state index < -0.39 is 0 Å². The van der Waals surface area contributed by atoms with Crippen molar-refractivity contribution in [3.8, 4) is 5.95 Å². The Bertz CT molecular complexity index is 504. The highest BCUT2D eigenvalue weighted by molar-refractivity contribution is 5.12. The molecule has 0 saturated heterocycles. The molecule has 1 saturated carbocycles. The van der Waals surface area contributed by atoms with E-state index in [-0.39, 0.29) is 6.04 Å². The molecule has 94 valence electrons. The van der Waals surface area contributed by atoms with Crippen molar-refractivity contribution >= 4 is 0 Å². The standard InChI is InChI=1S/C12H16N6/c1-9(15-7-10-3-4-10)11-16-8-17-18(11)12-13-5-2-6-14-12/h2,5-6,8-10,15H,3-4,7H2,1H3. The molecule has 1 atom stereocenters. The molecule has 0 spiro atoms. The predicted molar refractivity (Wildman–Crippen MR) is 66.1 cm³/mol. The summed E-state index contributed by atoms with van der Waals surface area (Å²) in [6, 6.07) is 1.94. The van der Waals surface area contributed by atoms with Gasteiger partial charge in [0.2, 0.25) is 0 Å². The molecule has 1 N–H and O–H groups in total. The minimum atomic E-state index is 0.150. The van der Waals surface area contributed by atoms with E-state index in [1.807, 2.05) is 0 Å². The first-order valence-electron chi connectivity index (χ1n) is 6.25. The molecule has 0 radical (unpaired) electrons. The molecule has 2 aromatic heterocycles. The van der Waals surface area contributed by atoms with Crippen LogP contribution in [0.2, 0.25) is 0 Å². The summed E-state index contributed by atoms with van der Waals surface area (Å²) < 4.78 is 1.69. The summed E-state index contributed by atoms with van der Waals surface area (Å²) in [6.45, 7) is 3.13. The molecular weight excluding hydrogens is 228 g/mol. The molecule has 2 aromatic rings. The van der Waals surface area contributed by atoms with E-state index in [0.29, 0.717) is 5.95 Å². The molecule has 1 unspecified atom stereocenters. The number of hydrogen-bond acceptors (Lipinski definition) is 5. The topological polar surface area (TPSA) is 68.5 Å². The fourth-order valence-electron chi connectivity index (χ4n) is 1.86. The minimum absolute atomic E-state index is 0.150. The number of nitrogens with one attached hydrogen (secondary N) is 1. The highest BCUT2D eigenvalue weighted by Crippen LogP contribution is 2.28. The van der Waals surface area contributed by atoms with E-state index in [0.717, 1.165) is 18.3 Å². The van der Waals surface area contributed by atoms with Crippen LogP contribution >= 0.6 is 0 Å². The van der Waals surface area contributed by atoms with Gasteiger partial charge in [0.25, 0.3) is 5.95 Å². The largest absolute Gasteiger partial charge is 0.307 e. The first-order valence-corrected chi connectivity index (χ1v) is 6.25. The van der Waals surface area contributed by atoms with Crippen molar-refractivity contribution in [3.05, 3.63) is 30.6 Å². The summed E-state index contributed by atoms with van der Waals surface area (Å²) in [7, 11) is 0. The van der Waals surface area contributed by atoms with Crippen LogP contribution in [-0.4, -0.2) is 31.3 Å². The molecule has 0 aromatic carbocycles. The minimum Gasteiger partial charge on any atom is -0.307 e. The number of rotatable bonds is 5. The summed E-state index contributed by atoms with van der Waals surface area (Å²) in [5, 5.41) is 7.67. The van der Waals surface area contributed by atoms with Crippen LogP contribution in [0.4, 0.5) is 0 Å². The van der Waals surface area contributed by atoms with Gasteiger partial charge in [0.15, 0.2) is 5.82 Å². The Morgan fingerprint density at radius 3 is 2.83 bits per heavy atom. The molecule has 2 heterocycles. The Hall–Kier alpha value is -1.82. The van der Waals surface area contributed by atoms with Crippen LogP contribution in [0, 0.1) is 5.92 Å². The highest BCUT2D eigenvalue weighted by atomic mass is 15.4. The smallest absolute Gasteiger partial charge is 0.252 e. The van der Waals surface area contributed by atoms with Gasteiger partial charge in [-0.2, -0.15) is 9.78 Å². The lowest BCUT2D eigenvalue weighted by Crippen LogP contribution is -2.24. The first kappa shape index (κ1) is 11.3. The normalized spacial score (nSPS) is 16.7. The monoisotopic (exact) mass is 244 g/mol. The summed E-state index contributed by atoms with van der Waals surface area (Å²) in [4.78, 5) is 12.7. The molecule has 0 bridgehead atoms. The first-order chi connectivity index (χ1) is 8.84. The van der Waals surface area contributed by atoms with Crippen molar-refractivity contribution in [1.82, 2.24) is 30.0 Å². The van der Waals surface area contributed by atoms with E-state index in [1.165, 1.54) is 12.8 Å². The van der Waals surface area contributed by atoms with Gasteiger partial charge < -0.3 is 5.32 Å². The molecule has 1 aliphatic rings. The van der Waals surface area contributed by atoms with Crippen LogP contribution in [0.15, 0.2) is 24.8 Å². The molecule has 1 fully saturated rings. The Balaban J connectivity index is 1.77. The lowest BCUT2D eigenvalue weighted by Gasteiger charge is -2.13. The predicted octanol–water partition coefficient (Wildman–Crippen LogP) is 1.12. The van der Waals surface area contributed by atoms with Crippen LogP contribution in [0.1, 0.15) is 31.6 Å². The molecule has 6 heteroatoms. The molecular formula is C12H16N6. The maximum atomic E-state index is 4.30. The summed E-state index contributed by atoms with van der Waals surface area (Å²) >= 11 is 0. The molecule has 0 amide bonds. The summed E-state index contributed by atoms with van der Waals surface area (Å²) in [5.41, 5.74) is 0. The Kier molecular flexibility index (Phi) is 3.02. The van der Waals surface area contributed by atoms with Gasteiger partial charge in [-0.1, -0.05) is 0 Å². The summed E-state index contributed by atoms with van der Waals surface area (Å²) in [6.07, 6.45) is 7.63. The maximum Gasteiger partial charge on any atom is 0.252 e. The van der Waals surface area contributed by atoms with Crippen molar-refractivity contribution in [1.29, 1.82) is 0 Å². The Morgan fingerprint density at radius 2 is 2.11 bits per heavy atom. The molecule has 6 nitrogen and oxygen atoms in total. The highest BCUT2D eigenvalue weighted by Gasteiger charge is 2.23. The van der Waals surface area contributed by atoms with Crippen LogP contribution in [0.5, 0.6) is 0 Å². The van der Waals surface area contributed by atoms with E-state index in [1.54, 1.807) is 29.5 Å². The van der Waals surface area contributed by atoms with Crippen molar-refractivity contribution in [2.24, 2.45) is 5.92 Å². The molecule has 1 aliphatic carbocycles. The SMILES string of the molecule is CC(NCC1CC1)c1ncnn1-c1ncccn1. The van der Waals surface area contributed by atoms with E-state index in [9.17, 15) is 0 Å². The van der Waals surface area contributed by atoms with Crippen LogP contribution in [-0.2, 0) is 0 Å². The van der Waals surface area contributed by atoms with Gasteiger partial charge in [-0.3, -0.25) is 0 Å². The number of hydrogen-bond donors (Lipinski definition) is 1. The van der Waals surface area contributed by atoms with Gasteiger partial charge in [-0.25, -0.2) is 15.0 Å². The third kappa shape index (κ3) is 2.38. The van der Waals surface area contributed by atoms with Gasteiger partial charge in [0, 0.05) is 12.4 Å². The van der Waals surface area contributed by atoms with Gasteiger partial charge in [0.1, 0.15) is 6.33 Å². The van der Waals surface area contributed by atoms with Crippen molar-refractivity contribution < 1.29 is 0 Å². The second kappa shape index (κ2) is 4.81. The zero-order valence-electron chi connectivity index (χ0n) is 10.3. The van der Waals surface area contributed by atoms with Gasteiger partial charge in [0.05, 0.1) is 6.04 Å². The van der Waals surface area contributed by atoms with Gasteiger partial charge >= 0.3 is 0 Å². The van der Waals surface area contributed by atoms with E-state index >= 15 is 0 Å².